The summed E-state index contributed by atoms with van der Waals surface area (Å²) in [4.78, 5) is 46.5. The van der Waals surface area contributed by atoms with Crippen LogP contribution in [0.3, 0.4) is 0 Å². The minimum Gasteiger partial charge on any atom is -0.480 e. The molecule has 3 amide bonds. The number of benzene rings is 3. The van der Waals surface area contributed by atoms with Gasteiger partial charge in [-0.1, -0.05) is 24.3 Å². The maximum Gasteiger partial charge on any atom is 0.324 e. The molecule has 0 aliphatic carbocycles. The standard InChI is InChI=1S/C40H44N10O3/c1-26-34(21-42-38(53-2)37(26)41)29-6-7-30-20-43-39(45-35(30)19-29)44-31-8-10-32(11-9-31)50-24-28(25-50)22-47-14-16-48(17-15-47)33-5-3-4-27(18-33)23-49-13-12-36(51)46-40(49)52/h3-11,18-21,28H,12-17,22-25,41H2,1-2H3,(H,43,44,45)(H,46,51,52). The van der Waals surface area contributed by atoms with Crippen LogP contribution in [0.15, 0.2) is 79.1 Å². The first kappa shape index (κ1) is 34.2. The maximum absolute atomic E-state index is 12.2. The van der Waals surface area contributed by atoms with E-state index in [1.165, 1.54) is 11.4 Å². The Labute approximate surface area is 308 Å². The number of piperazine rings is 1. The zero-order valence-electron chi connectivity index (χ0n) is 30.1. The van der Waals surface area contributed by atoms with E-state index in [0.717, 1.165) is 84.7 Å². The third-order valence-corrected chi connectivity index (χ3v) is 10.6. The molecule has 3 fully saturated rings. The van der Waals surface area contributed by atoms with Crippen LogP contribution in [0.1, 0.15) is 17.5 Å². The Bertz CT molecular complexity index is 2150. The lowest BCUT2D eigenvalue weighted by Crippen LogP contribution is -2.55. The van der Waals surface area contributed by atoms with Crippen LogP contribution in [0, 0.1) is 12.8 Å². The van der Waals surface area contributed by atoms with Crippen molar-refractivity contribution in [1.29, 1.82) is 0 Å². The number of amides is 3. The molecule has 3 aliphatic rings. The van der Waals surface area contributed by atoms with Crippen molar-refractivity contribution in [1.82, 2.24) is 30.1 Å². The number of aromatic nitrogens is 3. The Morgan fingerprint density at radius 3 is 2.49 bits per heavy atom. The first-order valence-corrected chi connectivity index (χ1v) is 18.1. The van der Waals surface area contributed by atoms with Crippen molar-refractivity contribution in [2.75, 3.05) is 80.3 Å². The number of nitrogens with zero attached hydrogens (tertiary/aromatic N) is 7. The largest absolute Gasteiger partial charge is 0.480 e. The van der Waals surface area contributed by atoms with E-state index in [1.54, 1.807) is 18.2 Å². The molecule has 5 aromatic rings. The Morgan fingerprint density at radius 1 is 0.906 bits per heavy atom. The van der Waals surface area contributed by atoms with Gasteiger partial charge in [0.2, 0.25) is 17.7 Å². The Kier molecular flexibility index (Phi) is 9.40. The van der Waals surface area contributed by atoms with Crippen molar-refractivity contribution < 1.29 is 14.3 Å². The lowest BCUT2D eigenvalue weighted by molar-refractivity contribution is -0.121. The van der Waals surface area contributed by atoms with Crippen LogP contribution in [-0.2, 0) is 11.3 Å². The minimum atomic E-state index is -0.308. The van der Waals surface area contributed by atoms with Crippen molar-refractivity contribution in [3.8, 4) is 17.0 Å². The van der Waals surface area contributed by atoms with Crippen LogP contribution in [0.25, 0.3) is 22.0 Å². The number of hydrogen-bond acceptors (Lipinski definition) is 11. The molecule has 13 heteroatoms. The van der Waals surface area contributed by atoms with Crippen LogP contribution in [0.4, 0.5) is 33.5 Å². The number of fused-ring (bicyclic) bond motifs is 1. The number of rotatable bonds is 10. The van der Waals surface area contributed by atoms with Crippen LogP contribution >= 0.6 is 0 Å². The monoisotopic (exact) mass is 712 g/mol. The number of nitrogen functional groups attached to an aromatic ring is 1. The second-order valence-corrected chi connectivity index (χ2v) is 14.1. The van der Waals surface area contributed by atoms with E-state index in [-0.39, 0.29) is 11.9 Å². The number of hydrogen-bond donors (Lipinski definition) is 3. The van der Waals surface area contributed by atoms with Crippen molar-refractivity contribution in [3.05, 3.63) is 90.3 Å². The average Bonchev–Trinajstić information content (AvgIpc) is 3.16. The summed E-state index contributed by atoms with van der Waals surface area (Å²) in [7, 11) is 1.57. The molecule has 0 unspecified atom stereocenters. The summed E-state index contributed by atoms with van der Waals surface area (Å²) in [6.45, 7) is 10.2. The van der Waals surface area contributed by atoms with Crippen molar-refractivity contribution in [3.63, 3.8) is 0 Å². The molecular weight excluding hydrogens is 669 g/mol. The van der Waals surface area contributed by atoms with Gasteiger partial charge in [0.25, 0.3) is 0 Å². The highest BCUT2D eigenvalue weighted by Crippen LogP contribution is 2.33. The second kappa shape index (κ2) is 14.6. The zero-order valence-corrected chi connectivity index (χ0v) is 30.1. The molecule has 4 N–H and O–H groups in total. The van der Waals surface area contributed by atoms with E-state index in [9.17, 15) is 9.59 Å². The van der Waals surface area contributed by atoms with Crippen LogP contribution in [0.2, 0.25) is 0 Å². The quantitative estimate of drug-likeness (QED) is 0.179. The molecule has 3 saturated heterocycles. The number of nitrogens with one attached hydrogen (secondary N) is 2. The van der Waals surface area contributed by atoms with Gasteiger partial charge in [-0.2, -0.15) is 0 Å². The number of methoxy groups -OCH3 is 1. The fourth-order valence-electron chi connectivity index (χ4n) is 7.46. The van der Waals surface area contributed by atoms with Crippen LogP contribution in [-0.4, -0.2) is 96.2 Å². The van der Waals surface area contributed by atoms with Gasteiger partial charge in [0.1, 0.15) is 0 Å². The van der Waals surface area contributed by atoms with Crippen LogP contribution < -0.4 is 30.9 Å². The van der Waals surface area contributed by atoms with E-state index in [1.807, 2.05) is 37.4 Å². The second-order valence-electron chi connectivity index (χ2n) is 14.1. The smallest absolute Gasteiger partial charge is 0.324 e. The zero-order chi connectivity index (χ0) is 36.5. The maximum atomic E-state index is 12.2. The molecule has 0 bridgehead atoms. The molecule has 5 heterocycles. The Balaban J connectivity index is 0.810. The van der Waals surface area contributed by atoms with Crippen molar-refractivity contribution >= 4 is 51.5 Å². The number of urea groups is 1. The highest BCUT2D eigenvalue weighted by molar-refractivity contribution is 5.96. The van der Waals surface area contributed by atoms with E-state index in [0.29, 0.717) is 42.9 Å². The third-order valence-electron chi connectivity index (χ3n) is 10.6. The minimum absolute atomic E-state index is 0.203. The first-order chi connectivity index (χ1) is 25.8. The van der Waals surface area contributed by atoms with Gasteiger partial charge in [-0.25, -0.2) is 19.7 Å². The normalized spacial score (nSPS) is 16.8. The topological polar surface area (TPSA) is 145 Å². The number of carbonyl (C=O) groups excluding carboxylic acids is 2. The lowest BCUT2D eigenvalue weighted by Gasteiger charge is -2.45. The molecule has 0 radical (unpaired) electrons. The van der Waals surface area contributed by atoms with Crippen molar-refractivity contribution in [2.45, 2.75) is 19.9 Å². The summed E-state index contributed by atoms with van der Waals surface area (Å²) < 4.78 is 5.27. The molecule has 3 aromatic carbocycles. The molecule has 0 saturated carbocycles. The third kappa shape index (κ3) is 7.38. The fraction of sp³-hybridized carbons (Fsp3) is 0.325. The predicted molar refractivity (Wildman–Crippen MR) is 208 cm³/mol. The van der Waals surface area contributed by atoms with Gasteiger partial charge in [0.05, 0.1) is 18.3 Å². The summed E-state index contributed by atoms with van der Waals surface area (Å²) in [5, 5.41) is 6.72. The number of nitrogens with two attached hydrogens (primary N) is 1. The lowest BCUT2D eigenvalue weighted by atomic mass is 9.98. The number of anilines is 5. The van der Waals surface area contributed by atoms with Gasteiger partial charge in [0.15, 0.2) is 0 Å². The summed E-state index contributed by atoms with van der Waals surface area (Å²) in [5.41, 5.74) is 14.9. The molecule has 8 rings (SSSR count). The molecule has 3 aliphatic heterocycles. The summed E-state index contributed by atoms with van der Waals surface area (Å²) in [6.07, 6.45) is 3.97. The highest BCUT2D eigenvalue weighted by atomic mass is 16.5. The van der Waals surface area contributed by atoms with Gasteiger partial charge in [-0.15, -0.1) is 0 Å². The molecule has 53 heavy (non-hydrogen) atoms. The van der Waals surface area contributed by atoms with Gasteiger partial charge in [0, 0.05) is 112 Å². The van der Waals surface area contributed by atoms with Gasteiger partial charge in [-0.3, -0.25) is 15.0 Å². The summed E-state index contributed by atoms with van der Waals surface area (Å²) in [6, 6.07) is 22.7. The SMILES string of the molecule is COc1ncc(-c2ccc3cnc(Nc4ccc(N5CC(CN6CCN(c7cccc(CN8CCC(=O)NC8=O)c7)CC6)C5)cc4)nc3c2)c(C)c1N. The molecule has 0 spiro atoms. The fourth-order valence-corrected chi connectivity index (χ4v) is 7.46. The highest BCUT2D eigenvalue weighted by Gasteiger charge is 2.30. The molecule has 0 atom stereocenters. The van der Waals surface area contributed by atoms with Crippen molar-refractivity contribution in [2.24, 2.45) is 5.92 Å². The Morgan fingerprint density at radius 2 is 1.72 bits per heavy atom. The molecule has 13 nitrogen and oxygen atoms in total. The van der Waals surface area contributed by atoms with E-state index in [2.05, 4.69) is 77.8 Å². The predicted octanol–water partition coefficient (Wildman–Crippen LogP) is 5.03. The molecule has 2 aromatic heterocycles. The van der Waals surface area contributed by atoms with E-state index < -0.39 is 0 Å². The van der Waals surface area contributed by atoms with Gasteiger partial charge >= 0.3 is 6.03 Å². The summed E-state index contributed by atoms with van der Waals surface area (Å²) in [5.74, 6) is 1.41. The number of ether oxygens (including phenoxy) is 1. The van der Waals surface area contributed by atoms with Gasteiger partial charge in [-0.05, 0) is 66.1 Å². The molecule has 272 valence electrons. The van der Waals surface area contributed by atoms with Gasteiger partial charge < -0.3 is 30.5 Å². The average molecular weight is 713 g/mol. The van der Waals surface area contributed by atoms with Crippen LogP contribution in [0.5, 0.6) is 5.88 Å². The molecular formula is C40H44N10O3. The number of imide groups is 1. The Hall–Kier alpha value is -5.95. The van der Waals surface area contributed by atoms with E-state index in [4.69, 9.17) is 15.5 Å². The summed E-state index contributed by atoms with van der Waals surface area (Å²) >= 11 is 0. The first-order valence-electron chi connectivity index (χ1n) is 18.1. The number of pyridine rings is 1. The number of carbonyl (C=O) groups is 2. The van der Waals surface area contributed by atoms with E-state index >= 15 is 0 Å².